The van der Waals surface area contributed by atoms with Gasteiger partial charge in [0.15, 0.2) is 0 Å². The number of carbonyl (C=O) groups is 1. The lowest BCUT2D eigenvalue weighted by Gasteiger charge is -2.12. The first-order chi connectivity index (χ1) is 10.8. The number of nitrogens with zero attached hydrogens (tertiary/aromatic N) is 1. The summed E-state index contributed by atoms with van der Waals surface area (Å²) in [7, 11) is 0. The third-order valence-corrected chi connectivity index (χ3v) is 4.20. The smallest absolute Gasteiger partial charge is 0.341 e. The summed E-state index contributed by atoms with van der Waals surface area (Å²) in [6.07, 6.45) is 1.58. The standard InChI is InChI=1S/C17H16N2O2S/c1-2-21-17(20)13-11-18-14-8-9-22-16(14)15(13)19-10-12-6-4-3-5-7-12/h3-9,11H,2,10H2,1H3,(H,18,19). The molecule has 0 aliphatic rings. The first-order valence-electron chi connectivity index (χ1n) is 7.10. The Morgan fingerprint density at radius 3 is 2.86 bits per heavy atom. The van der Waals surface area contributed by atoms with Gasteiger partial charge in [-0.25, -0.2) is 4.79 Å². The number of benzene rings is 1. The molecule has 0 radical (unpaired) electrons. The molecule has 1 N–H and O–H groups in total. The molecule has 0 spiro atoms. The summed E-state index contributed by atoms with van der Waals surface area (Å²) in [5, 5.41) is 5.34. The third-order valence-electron chi connectivity index (χ3n) is 3.28. The minimum atomic E-state index is -0.346. The predicted molar refractivity (Wildman–Crippen MR) is 89.3 cm³/mol. The van der Waals surface area contributed by atoms with Crippen molar-refractivity contribution in [3.63, 3.8) is 0 Å². The molecular weight excluding hydrogens is 296 g/mol. The summed E-state index contributed by atoms with van der Waals surface area (Å²) in [6, 6.07) is 12.0. The van der Waals surface area contributed by atoms with E-state index in [-0.39, 0.29) is 5.97 Å². The summed E-state index contributed by atoms with van der Waals surface area (Å²) < 4.78 is 6.11. The van der Waals surface area contributed by atoms with Gasteiger partial charge in [0.2, 0.25) is 0 Å². The number of fused-ring (bicyclic) bond motifs is 1. The van der Waals surface area contributed by atoms with Crippen LogP contribution in [0.2, 0.25) is 0 Å². The van der Waals surface area contributed by atoms with Crippen LogP contribution in [0.25, 0.3) is 10.2 Å². The lowest BCUT2D eigenvalue weighted by Crippen LogP contribution is -2.10. The van der Waals surface area contributed by atoms with Crippen LogP contribution in [-0.2, 0) is 11.3 Å². The maximum atomic E-state index is 12.1. The Bertz CT molecular complexity index is 784. The maximum Gasteiger partial charge on any atom is 0.341 e. The average Bonchev–Trinajstić information content (AvgIpc) is 3.02. The molecule has 0 atom stereocenters. The molecule has 0 aliphatic heterocycles. The van der Waals surface area contributed by atoms with Crippen molar-refractivity contribution in [3.8, 4) is 0 Å². The number of pyridine rings is 1. The van der Waals surface area contributed by atoms with Crippen LogP contribution in [0.1, 0.15) is 22.8 Å². The van der Waals surface area contributed by atoms with Gasteiger partial charge in [0.25, 0.3) is 0 Å². The van der Waals surface area contributed by atoms with Crippen molar-refractivity contribution in [2.24, 2.45) is 0 Å². The number of rotatable bonds is 5. The normalized spacial score (nSPS) is 10.6. The van der Waals surface area contributed by atoms with Gasteiger partial charge < -0.3 is 10.1 Å². The second kappa shape index (κ2) is 6.58. The maximum absolute atomic E-state index is 12.1. The number of anilines is 1. The molecule has 5 heteroatoms. The van der Waals surface area contributed by atoms with E-state index in [1.807, 2.05) is 41.8 Å². The van der Waals surface area contributed by atoms with Gasteiger partial charge in [-0.3, -0.25) is 4.98 Å². The second-order valence-corrected chi connectivity index (χ2v) is 5.66. The number of nitrogens with one attached hydrogen (secondary N) is 1. The van der Waals surface area contributed by atoms with E-state index in [1.165, 1.54) is 0 Å². The van der Waals surface area contributed by atoms with Crippen molar-refractivity contribution in [1.82, 2.24) is 4.98 Å². The van der Waals surface area contributed by atoms with Gasteiger partial charge in [-0.1, -0.05) is 30.3 Å². The van der Waals surface area contributed by atoms with E-state index in [4.69, 9.17) is 4.74 Å². The van der Waals surface area contributed by atoms with Gasteiger partial charge in [-0.2, -0.15) is 0 Å². The summed E-state index contributed by atoms with van der Waals surface area (Å²) in [5.74, 6) is -0.346. The highest BCUT2D eigenvalue weighted by Crippen LogP contribution is 2.31. The van der Waals surface area contributed by atoms with E-state index >= 15 is 0 Å². The molecule has 22 heavy (non-hydrogen) atoms. The summed E-state index contributed by atoms with van der Waals surface area (Å²) >= 11 is 1.57. The van der Waals surface area contributed by atoms with Crippen LogP contribution in [0.3, 0.4) is 0 Å². The van der Waals surface area contributed by atoms with Crippen LogP contribution in [0, 0.1) is 0 Å². The molecule has 0 saturated heterocycles. The highest BCUT2D eigenvalue weighted by molar-refractivity contribution is 7.17. The molecule has 0 unspecified atom stereocenters. The highest BCUT2D eigenvalue weighted by atomic mass is 32.1. The number of thiophene rings is 1. The SMILES string of the molecule is CCOC(=O)c1cnc2ccsc2c1NCc1ccccc1. The summed E-state index contributed by atoms with van der Waals surface area (Å²) in [4.78, 5) is 16.5. The first-order valence-corrected chi connectivity index (χ1v) is 7.98. The summed E-state index contributed by atoms with van der Waals surface area (Å²) in [6.45, 7) is 2.79. The van der Waals surface area contributed by atoms with Crippen molar-refractivity contribution < 1.29 is 9.53 Å². The lowest BCUT2D eigenvalue weighted by molar-refractivity contribution is 0.0527. The van der Waals surface area contributed by atoms with Crippen LogP contribution in [-0.4, -0.2) is 17.6 Å². The van der Waals surface area contributed by atoms with Crippen molar-refractivity contribution in [2.45, 2.75) is 13.5 Å². The fraction of sp³-hybridized carbons (Fsp3) is 0.176. The van der Waals surface area contributed by atoms with Crippen molar-refractivity contribution >= 4 is 33.2 Å². The molecule has 2 aromatic heterocycles. The van der Waals surface area contributed by atoms with Crippen molar-refractivity contribution in [2.75, 3.05) is 11.9 Å². The first kappa shape index (κ1) is 14.5. The fourth-order valence-corrected chi connectivity index (χ4v) is 3.11. The van der Waals surface area contributed by atoms with Gasteiger partial charge in [0, 0.05) is 12.7 Å². The van der Waals surface area contributed by atoms with Gasteiger partial charge in [-0.05, 0) is 23.9 Å². The topological polar surface area (TPSA) is 51.2 Å². The minimum absolute atomic E-state index is 0.346. The molecule has 0 saturated carbocycles. The van der Waals surface area contributed by atoms with E-state index in [0.717, 1.165) is 21.5 Å². The molecular formula is C17H16N2O2S. The summed E-state index contributed by atoms with van der Waals surface area (Å²) in [5.41, 5.74) is 3.31. The Morgan fingerprint density at radius 1 is 1.27 bits per heavy atom. The van der Waals surface area contributed by atoms with E-state index in [0.29, 0.717) is 18.7 Å². The Kier molecular flexibility index (Phi) is 4.34. The van der Waals surface area contributed by atoms with E-state index in [1.54, 1.807) is 24.5 Å². The molecule has 3 aromatic rings. The van der Waals surface area contributed by atoms with Crippen molar-refractivity contribution in [1.29, 1.82) is 0 Å². The van der Waals surface area contributed by atoms with Gasteiger partial charge in [0.1, 0.15) is 5.56 Å². The van der Waals surface area contributed by atoms with Gasteiger partial charge in [-0.15, -0.1) is 11.3 Å². The Balaban J connectivity index is 1.95. The molecule has 0 fully saturated rings. The Morgan fingerprint density at radius 2 is 2.09 bits per heavy atom. The second-order valence-electron chi connectivity index (χ2n) is 4.74. The van der Waals surface area contributed by atoms with Crippen LogP contribution in [0.5, 0.6) is 0 Å². The fourth-order valence-electron chi connectivity index (χ4n) is 2.24. The number of hydrogen-bond donors (Lipinski definition) is 1. The van der Waals surface area contributed by atoms with Gasteiger partial charge >= 0.3 is 5.97 Å². The quantitative estimate of drug-likeness (QED) is 0.721. The predicted octanol–water partition coefficient (Wildman–Crippen LogP) is 4.09. The van der Waals surface area contributed by atoms with E-state index < -0.39 is 0 Å². The zero-order chi connectivity index (χ0) is 15.4. The molecule has 0 amide bonds. The highest BCUT2D eigenvalue weighted by Gasteiger charge is 2.17. The van der Waals surface area contributed by atoms with Crippen LogP contribution >= 0.6 is 11.3 Å². The number of hydrogen-bond acceptors (Lipinski definition) is 5. The number of ether oxygens (including phenoxy) is 1. The average molecular weight is 312 g/mol. The zero-order valence-corrected chi connectivity index (χ0v) is 13.0. The minimum Gasteiger partial charge on any atom is -0.462 e. The molecule has 3 rings (SSSR count). The number of esters is 1. The van der Waals surface area contributed by atoms with Gasteiger partial charge in [0.05, 0.1) is 22.5 Å². The zero-order valence-electron chi connectivity index (χ0n) is 12.2. The Hall–Kier alpha value is -2.40. The lowest BCUT2D eigenvalue weighted by atomic mass is 10.2. The van der Waals surface area contributed by atoms with E-state index in [2.05, 4.69) is 10.3 Å². The van der Waals surface area contributed by atoms with Crippen LogP contribution in [0.4, 0.5) is 5.69 Å². The molecule has 112 valence electrons. The van der Waals surface area contributed by atoms with Crippen molar-refractivity contribution in [3.05, 3.63) is 59.1 Å². The monoisotopic (exact) mass is 312 g/mol. The van der Waals surface area contributed by atoms with Crippen LogP contribution < -0.4 is 5.32 Å². The molecule has 1 aromatic carbocycles. The van der Waals surface area contributed by atoms with E-state index in [9.17, 15) is 4.79 Å². The number of carbonyl (C=O) groups excluding carboxylic acids is 1. The Labute approximate surface area is 132 Å². The van der Waals surface area contributed by atoms with Crippen LogP contribution in [0.15, 0.2) is 48.0 Å². The third kappa shape index (κ3) is 2.94. The number of aromatic nitrogens is 1. The molecule has 4 nitrogen and oxygen atoms in total. The molecule has 0 aliphatic carbocycles. The molecule has 0 bridgehead atoms. The largest absolute Gasteiger partial charge is 0.462 e. The molecule has 2 heterocycles.